The Labute approximate surface area is 68.4 Å². The normalized spacial score (nSPS) is 26.1. The van der Waals surface area contributed by atoms with E-state index in [2.05, 4.69) is 32.6 Å². The van der Waals surface area contributed by atoms with Gasteiger partial charge in [-0.25, -0.2) is 0 Å². The summed E-state index contributed by atoms with van der Waals surface area (Å²) in [5.74, 6) is 0. The highest BCUT2D eigenvalue weighted by Crippen LogP contribution is 2.32. The summed E-state index contributed by atoms with van der Waals surface area (Å²) in [6.45, 7) is 10.8. The molecule has 60 valence electrons. The van der Waals surface area contributed by atoms with E-state index in [4.69, 9.17) is 11.6 Å². The van der Waals surface area contributed by atoms with E-state index in [1.807, 2.05) is 0 Å². The van der Waals surface area contributed by atoms with Gasteiger partial charge in [-0.15, -0.1) is 11.6 Å². The van der Waals surface area contributed by atoms with Gasteiger partial charge in [-0.2, -0.15) is 0 Å². The van der Waals surface area contributed by atoms with E-state index < -0.39 is 0 Å². The van der Waals surface area contributed by atoms with Crippen LogP contribution in [0.1, 0.15) is 27.7 Å². The van der Waals surface area contributed by atoms with Crippen molar-refractivity contribution in [3.63, 3.8) is 0 Å². The molecule has 1 rings (SSSR count). The number of nitrogens with zero attached hydrogens (tertiary/aromatic N) is 1. The Morgan fingerprint density at radius 1 is 1.30 bits per heavy atom. The van der Waals surface area contributed by atoms with Gasteiger partial charge in [0.2, 0.25) is 0 Å². The van der Waals surface area contributed by atoms with Crippen molar-refractivity contribution in [3.05, 3.63) is 0 Å². The third-order valence-corrected chi connectivity index (χ3v) is 2.23. The molecular formula is C8H16ClN. The zero-order valence-electron chi connectivity index (χ0n) is 7.24. The Balaban J connectivity index is 2.40. The first-order chi connectivity index (χ1) is 4.31. The Morgan fingerprint density at radius 3 is 1.80 bits per heavy atom. The number of likely N-dealkylation sites (tertiary alicyclic amines) is 1. The zero-order chi connectivity index (χ0) is 7.99. The lowest BCUT2D eigenvalue weighted by atomic mass is 9.93. The van der Waals surface area contributed by atoms with Crippen molar-refractivity contribution in [2.45, 2.75) is 38.1 Å². The number of hydrogen-bond donors (Lipinski definition) is 0. The molecule has 1 heterocycles. The topological polar surface area (TPSA) is 3.24 Å². The molecule has 0 aliphatic carbocycles. The maximum atomic E-state index is 6.06. The minimum Gasteiger partial charge on any atom is -0.295 e. The van der Waals surface area contributed by atoms with Gasteiger partial charge in [0.05, 0.1) is 4.87 Å². The average Bonchev–Trinajstić information content (AvgIpc) is 1.56. The summed E-state index contributed by atoms with van der Waals surface area (Å²) >= 11 is 6.06. The molecule has 0 radical (unpaired) electrons. The third kappa shape index (κ3) is 1.64. The lowest BCUT2D eigenvalue weighted by molar-refractivity contribution is 0.0368. The van der Waals surface area contributed by atoms with Crippen molar-refractivity contribution < 1.29 is 0 Å². The van der Waals surface area contributed by atoms with Crippen molar-refractivity contribution >= 4 is 11.6 Å². The molecule has 1 aliphatic heterocycles. The fourth-order valence-corrected chi connectivity index (χ4v) is 1.51. The van der Waals surface area contributed by atoms with E-state index in [0.717, 1.165) is 13.1 Å². The van der Waals surface area contributed by atoms with E-state index in [1.54, 1.807) is 0 Å². The molecule has 0 aromatic rings. The van der Waals surface area contributed by atoms with Crippen molar-refractivity contribution in [3.8, 4) is 0 Å². The fraction of sp³-hybridized carbons (Fsp3) is 1.00. The van der Waals surface area contributed by atoms with E-state index in [1.165, 1.54) is 0 Å². The number of hydrogen-bond acceptors (Lipinski definition) is 1. The summed E-state index contributed by atoms with van der Waals surface area (Å²) < 4.78 is 0. The van der Waals surface area contributed by atoms with Gasteiger partial charge in [-0.1, -0.05) is 0 Å². The molecule has 1 nitrogen and oxygen atoms in total. The summed E-state index contributed by atoms with van der Waals surface area (Å²) in [7, 11) is 0. The first kappa shape index (κ1) is 8.35. The smallest absolute Gasteiger partial charge is 0.0672 e. The van der Waals surface area contributed by atoms with Crippen LogP contribution >= 0.6 is 11.6 Å². The van der Waals surface area contributed by atoms with Crippen LogP contribution in [-0.2, 0) is 0 Å². The first-order valence-corrected chi connectivity index (χ1v) is 4.13. The molecule has 0 spiro atoms. The molecule has 0 aromatic carbocycles. The minimum absolute atomic E-state index is 0.0489. The molecule has 0 unspecified atom stereocenters. The summed E-state index contributed by atoms with van der Waals surface area (Å²) in [5, 5.41) is 0. The third-order valence-electron chi connectivity index (χ3n) is 1.99. The van der Waals surface area contributed by atoms with Gasteiger partial charge in [0.25, 0.3) is 0 Å². The highest BCUT2D eigenvalue weighted by molar-refractivity contribution is 6.24. The quantitative estimate of drug-likeness (QED) is 0.492. The minimum atomic E-state index is 0.0489. The maximum absolute atomic E-state index is 6.06. The first-order valence-electron chi connectivity index (χ1n) is 3.75. The van der Waals surface area contributed by atoms with Crippen molar-refractivity contribution in [1.82, 2.24) is 4.90 Å². The van der Waals surface area contributed by atoms with Gasteiger partial charge >= 0.3 is 0 Å². The zero-order valence-corrected chi connectivity index (χ0v) is 8.00. The van der Waals surface area contributed by atoms with E-state index in [-0.39, 0.29) is 4.87 Å². The second-order valence-electron chi connectivity index (χ2n) is 4.44. The van der Waals surface area contributed by atoms with Crippen LogP contribution in [0, 0.1) is 0 Å². The van der Waals surface area contributed by atoms with Crippen LogP contribution in [0.2, 0.25) is 0 Å². The molecule has 0 aromatic heterocycles. The molecule has 0 saturated carbocycles. The largest absolute Gasteiger partial charge is 0.295 e. The van der Waals surface area contributed by atoms with Gasteiger partial charge in [0, 0.05) is 18.6 Å². The summed E-state index contributed by atoms with van der Waals surface area (Å²) in [5.41, 5.74) is 0.300. The van der Waals surface area contributed by atoms with Gasteiger partial charge in [-0.05, 0) is 27.7 Å². The molecule has 1 fully saturated rings. The molecule has 1 aliphatic rings. The van der Waals surface area contributed by atoms with Gasteiger partial charge < -0.3 is 0 Å². The molecule has 0 bridgehead atoms. The fourth-order valence-electron chi connectivity index (χ4n) is 1.22. The predicted molar refractivity (Wildman–Crippen MR) is 45.6 cm³/mol. The number of halogens is 1. The standard InChI is InChI=1S/C8H16ClN/c1-7(2,3)10-5-8(4,9)6-10/h5-6H2,1-4H3. The molecule has 2 heteroatoms. The Kier molecular flexibility index (Phi) is 1.77. The van der Waals surface area contributed by atoms with Crippen LogP contribution in [0.5, 0.6) is 0 Å². The van der Waals surface area contributed by atoms with Gasteiger partial charge in [0.1, 0.15) is 0 Å². The molecule has 0 N–H and O–H groups in total. The van der Waals surface area contributed by atoms with Gasteiger partial charge in [0.15, 0.2) is 0 Å². The summed E-state index contributed by atoms with van der Waals surface area (Å²) in [6.07, 6.45) is 0. The van der Waals surface area contributed by atoms with Crippen molar-refractivity contribution in [2.24, 2.45) is 0 Å². The lowest BCUT2D eigenvalue weighted by Crippen LogP contribution is -2.62. The van der Waals surface area contributed by atoms with Crippen molar-refractivity contribution in [1.29, 1.82) is 0 Å². The predicted octanol–water partition coefficient (Wildman–Crippen LogP) is 2.10. The Bertz CT molecular complexity index is 127. The van der Waals surface area contributed by atoms with Crippen LogP contribution in [0.15, 0.2) is 0 Å². The molecule has 1 saturated heterocycles. The monoisotopic (exact) mass is 161 g/mol. The van der Waals surface area contributed by atoms with E-state index in [0.29, 0.717) is 5.54 Å². The number of rotatable bonds is 0. The SMILES string of the molecule is CC1(Cl)CN(C(C)(C)C)C1. The lowest BCUT2D eigenvalue weighted by Gasteiger charge is -2.51. The highest BCUT2D eigenvalue weighted by atomic mass is 35.5. The Hall–Kier alpha value is 0.250. The molecular weight excluding hydrogens is 146 g/mol. The number of alkyl halides is 1. The molecule has 10 heavy (non-hydrogen) atoms. The second kappa shape index (κ2) is 2.12. The van der Waals surface area contributed by atoms with E-state index in [9.17, 15) is 0 Å². The average molecular weight is 162 g/mol. The van der Waals surface area contributed by atoms with Crippen LogP contribution in [0.25, 0.3) is 0 Å². The second-order valence-corrected chi connectivity index (χ2v) is 5.35. The maximum Gasteiger partial charge on any atom is 0.0672 e. The van der Waals surface area contributed by atoms with Crippen LogP contribution in [0.3, 0.4) is 0 Å². The van der Waals surface area contributed by atoms with Crippen LogP contribution in [0.4, 0.5) is 0 Å². The molecule has 0 amide bonds. The van der Waals surface area contributed by atoms with E-state index >= 15 is 0 Å². The summed E-state index contributed by atoms with van der Waals surface area (Å²) in [4.78, 5) is 2.44. The van der Waals surface area contributed by atoms with Crippen molar-refractivity contribution in [2.75, 3.05) is 13.1 Å². The Morgan fingerprint density at radius 2 is 1.70 bits per heavy atom. The van der Waals surface area contributed by atoms with Gasteiger partial charge in [-0.3, -0.25) is 4.90 Å². The molecule has 0 atom stereocenters. The van der Waals surface area contributed by atoms with Crippen LogP contribution < -0.4 is 0 Å². The summed E-state index contributed by atoms with van der Waals surface area (Å²) in [6, 6.07) is 0. The highest BCUT2D eigenvalue weighted by Gasteiger charge is 2.41. The van der Waals surface area contributed by atoms with Crippen LogP contribution in [-0.4, -0.2) is 28.4 Å².